The van der Waals surface area contributed by atoms with Gasteiger partial charge in [0.2, 0.25) is 11.7 Å². The van der Waals surface area contributed by atoms with Gasteiger partial charge >= 0.3 is 0 Å². The van der Waals surface area contributed by atoms with E-state index in [9.17, 15) is 14.9 Å². The zero-order valence-corrected chi connectivity index (χ0v) is 38.4. The Bertz CT molecular complexity index is 2520. The maximum atomic E-state index is 10.4. The van der Waals surface area contributed by atoms with Gasteiger partial charge in [0.05, 0.1) is 51.7 Å². The maximum Gasteiger partial charge on any atom is 0.247 e. The summed E-state index contributed by atoms with van der Waals surface area (Å²) < 4.78 is 12.0. The van der Waals surface area contributed by atoms with Gasteiger partial charge in [0.25, 0.3) is 0 Å². The molecule has 0 aliphatic heterocycles. The average molecular weight is 1050 g/mol. The number of carbonyl (C=O) groups is 1. The van der Waals surface area contributed by atoms with Crippen molar-refractivity contribution >= 4 is 82.5 Å². The molecule has 0 aliphatic carbocycles. The average Bonchev–Trinajstić information content (AvgIpc) is 3.26. The van der Waals surface area contributed by atoms with E-state index in [2.05, 4.69) is 146 Å². The van der Waals surface area contributed by atoms with E-state index >= 15 is 0 Å². The summed E-state index contributed by atoms with van der Waals surface area (Å²) in [5.41, 5.74) is 0.914. The molecule has 0 spiro atoms. The minimum atomic E-state index is -1.54. The molecule has 7 rings (SSSR count). The van der Waals surface area contributed by atoms with Crippen LogP contribution in [0.15, 0.2) is 158 Å². The van der Waals surface area contributed by atoms with Crippen LogP contribution in [-0.4, -0.2) is 30.2 Å². The molecule has 60 heavy (non-hydrogen) atoms. The van der Waals surface area contributed by atoms with Gasteiger partial charge in [-0.05, 0) is 66.7 Å². The zero-order chi connectivity index (χ0) is 41.2. The number of hydrogen-bond donors (Lipinski definition) is 1. The number of halogens is 2. The fraction of sp³-hybridized carbons (Fsp3) is 0.0426. The number of methoxy groups -OCH3 is 2. The van der Waals surface area contributed by atoms with Crippen molar-refractivity contribution in [1.29, 1.82) is 5.26 Å². The van der Waals surface area contributed by atoms with Gasteiger partial charge in [-0.25, -0.2) is 5.26 Å². The van der Waals surface area contributed by atoms with Crippen LogP contribution in [0, 0.1) is 34.9 Å². The number of carboxylic acids is 1. The number of benzene rings is 7. The Balaban J connectivity index is 0.000000424. The van der Waals surface area contributed by atoms with Crippen molar-refractivity contribution < 1.29 is 44.4 Å². The zero-order valence-electron chi connectivity index (χ0n) is 32.5. The van der Waals surface area contributed by atoms with E-state index in [1.165, 1.54) is 26.5 Å². The Morgan fingerprint density at radius 2 is 1.18 bits per heavy atom. The van der Waals surface area contributed by atoms with E-state index in [1.807, 2.05) is 6.07 Å². The standard InChI is InChI=1S/C38H30Cl2O2P2.C8H3N2O4.CH3.Ir/c1-41-34-25-31(36(26-33(34)40)44(29-19-11-5-12-20-29)30-21-13-6-14-22-30)37-35(24-23-32(39)38(37)42-2)43(27-15-7-3-8-16-27)28-17-9-4-10-18-28;9-4-6-2-1-5(8(11)12)3-7(6)10(13)14;;/h3-26H,1-2H3;2-3H,(H,11,12);1H3;/q;2*-1;/p+2. The molecule has 0 fully saturated rings. The molecule has 13 heteroatoms. The number of hydrogen-bond acceptors (Lipinski definition) is 6. The van der Waals surface area contributed by atoms with Crippen LogP contribution in [0.25, 0.3) is 11.1 Å². The van der Waals surface area contributed by atoms with Crippen LogP contribution in [0.1, 0.15) is 15.9 Å². The first kappa shape index (κ1) is 47.3. The maximum absolute atomic E-state index is 10.4. The van der Waals surface area contributed by atoms with E-state index in [0.29, 0.717) is 21.5 Å². The molecular weight excluding hydrogens is 1010 g/mol. The summed E-state index contributed by atoms with van der Waals surface area (Å²) in [6.45, 7) is 0. The second-order valence-electron chi connectivity index (χ2n) is 12.6. The molecule has 7 aromatic rings. The number of rotatable bonds is 11. The van der Waals surface area contributed by atoms with E-state index in [1.54, 1.807) is 20.3 Å². The minimum absolute atomic E-state index is 0. The molecule has 1 radical (unpaired) electrons. The number of nitro benzene ring substituents is 1. The van der Waals surface area contributed by atoms with Crippen molar-refractivity contribution in [1.82, 2.24) is 0 Å². The monoisotopic (exact) mass is 1050 g/mol. The normalized spacial score (nSPS) is 10.3. The molecule has 0 saturated carbocycles. The van der Waals surface area contributed by atoms with Gasteiger partial charge in [-0.1, -0.05) is 108 Å². The Morgan fingerprint density at radius 1 is 0.717 bits per heavy atom. The molecule has 0 bridgehead atoms. The van der Waals surface area contributed by atoms with Crippen molar-refractivity contribution in [2.24, 2.45) is 0 Å². The predicted octanol–water partition coefficient (Wildman–Crippen LogP) is 9.07. The van der Waals surface area contributed by atoms with Crippen LogP contribution in [0.5, 0.6) is 11.5 Å². The number of nitro groups is 1. The van der Waals surface area contributed by atoms with E-state index in [0.717, 1.165) is 28.6 Å². The number of aromatic carboxylic acids is 1. The molecule has 0 unspecified atom stereocenters. The molecule has 0 aliphatic rings. The third-order valence-corrected chi connectivity index (χ3v) is 15.3. The van der Waals surface area contributed by atoms with Crippen LogP contribution < -0.4 is 41.3 Å². The van der Waals surface area contributed by atoms with Gasteiger partial charge in [0.15, 0.2) is 0 Å². The summed E-state index contributed by atoms with van der Waals surface area (Å²) >= 11 is 13.9. The minimum Gasteiger partial charge on any atom is -0.521 e. The van der Waals surface area contributed by atoms with Crippen LogP contribution in [0.3, 0.4) is 0 Å². The Morgan fingerprint density at radius 3 is 1.58 bits per heavy atom. The molecule has 7 aromatic carbocycles. The van der Waals surface area contributed by atoms with Crippen molar-refractivity contribution in [3.63, 3.8) is 0 Å². The number of nitriles is 1. The summed E-state index contributed by atoms with van der Waals surface area (Å²) in [5, 5.41) is 35.9. The predicted molar refractivity (Wildman–Crippen MR) is 245 cm³/mol. The molecule has 1 N–H and O–H groups in total. The SMILES string of the molecule is COc1cc(-c2c([PH+](c3ccccc3)c3ccccc3)ccc(Cl)c2OC)c([PH+](c2ccccc2)c2ccccc2)cc1Cl.N#Cc1c[c-]c(C(=O)O)cc1[N+](=O)[O-].[CH3-].[Ir]. The summed E-state index contributed by atoms with van der Waals surface area (Å²) in [5.74, 6) is -0.0710. The molecule has 0 aromatic heterocycles. The van der Waals surface area contributed by atoms with Gasteiger partial charge in [-0.15, -0.1) is 12.1 Å². The van der Waals surface area contributed by atoms with Crippen molar-refractivity contribution in [3.05, 3.63) is 203 Å². The number of ether oxygens (including phenoxy) is 2. The van der Waals surface area contributed by atoms with Crippen LogP contribution in [-0.2, 0) is 20.1 Å². The summed E-state index contributed by atoms with van der Waals surface area (Å²) in [4.78, 5) is 20.0. The van der Waals surface area contributed by atoms with Gasteiger partial charge < -0.3 is 26.8 Å². The molecule has 0 saturated heterocycles. The second kappa shape index (κ2) is 22.3. The van der Waals surface area contributed by atoms with Crippen molar-refractivity contribution in [3.8, 4) is 28.7 Å². The Labute approximate surface area is 375 Å². The number of carboxylic acid groups (broad SMARTS) is 1. The fourth-order valence-electron chi connectivity index (χ4n) is 6.57. The van der Waals surface area contributed by atoms with Crippen LogP contribution in [0.4, 0.5) is 5.69 Å². The van der Waals surface area contributed by atoms with E-state index in [-0.39, 0.29) is 38.7 Å². The molecule has 0 heterocycles. The number of nitrogens with zero attached hydrogens (tertiary/aromatic N) is 2. The largest absolute Gasteiger partial charge is 0.521 e. The molecule has 0 atom stereocenters. The first-order valence-electron chi connectivity index (χ1n) is 17.7. The molecule has 305 valence electrons. The Kier molecular flexibility index (Phi) is 17.5. The topological polar surface area (TPSA) is 123 Å². The third kappa shape index (κ3) is 10.7. The fourth-order valence-corrected chi connectivity index (χ4v) is 12.7. The van der Waals surface area contributed by atoms with Crippen LogP contribution >= 0.6 is 39.0 Å². The third-order valence-electron chi connectivity index (χ3n) is 9.14. The van der Waals surface area contributed by atoms with Gasteiger partial charge in [-0.3, -0.25) is 10.1 Å². The molecule has 8 nitrogen and oxygen atoms in total. The van der Waals surface area contributed by atoms with E-state index < -0.39 is 32.4 Å². The quantitative estimate of drug-likeness (QED) is 0.0594. The Hall–Kier alpha value is -5.41. The molecule has 0 amide bonds. The molecular formula is C47H38Cl2IrN2O6P2. The van der Waals surface area contributed by atoms with Gasteiger partial charge in [0.1, 0.15) is 43.3 Å². The second-order valence-corrected chi connectivity index (χ2v) is 18.3. The van der Waals surface area contributed by atoms with Gasteiger partial charge in [0, 0.05) is 42.2 Å². The summed E-state index contributed by atoms with van der Waals surface area (Å²) in [6, 6.07) is 56.7. The summed E-state index contributed by atoms with van der Waals surface area (Å²) in [7, 11) is 0.312. The van der Waals surface area contributed by atoms with Crippen molar-refractivity contribution in [2.75, 3.05) is 14.2 Å². The van der Waals surface area contributed by atoms with Gasteiger partial charge in [-0.2, -0.15) is 0 Å². The van der Waals surface area contributed by atoms with Crippen LogP contribution in [0.2, 0.25) is 10.0 Å². The van der Waals surface area contributed by atoms with Crippen molar-refractivity contribution in [2.45, 2.75) is 0 Å². The first-order valence-corrected chi connectivity index (χ1v) is 21.5. The summed E-state index contributed by atoms with van der Waals surface area (Å²) in [6.07, 6.45) is 0. The van der Waals surface area contributed by atoms with E-state index in [4.69, 9.17) is 43.0 Å². The smallest absolute Gasteiger partial charge is 0.247 e. The first-order chi connectivity index (χ1) is 28.2.